The van der Waals surface area contributed by atoms with Gasteiger partial charge in [-0.2, -0.15) is 0 Å². The Labute approximate surface area is 335 Å². The summed E-state index contributed by atoms with van der Waals surface area (Å²) in [6.45, 7) is 2.56. The van der Waals surface area contributed by atoms with E-state index >= 15 is 0 Å². The van der Waals surface area contributed by atoms with Gasteiger partial charge in [0.2, 0.25) is 5.91 Å². The number of ether oxygens (including phenoxy) is 1. The van der Waals surface area contributed by atoms with Gasteiger partial charge in [0.05, 0.1) is 13.2 Å². The molecule has 3 unspecified atom stereocenters. The highest BCUT2D eigenvalue weighted by molar-refractivity contribution is 7.47. The average Bonchev–Trinajstić information content (AvgIpc) is 3.16. The molecule has 3 atom stereocenters. The number of carboxylic acid groups (broad SMARTS) is 1. The number of amides is 1. The molecule has 0 heterocycles. The van der Waals surface area contributed by atoms with E-state index in [9.17, 15) is 34.1 Å². The lowest BCUT2D eigenvalue weighted by Crippen LogP contribution is -2.43. The first-order valence-corrected chi connectivity index (χ1v) is 23.7. The Kier molecular flexibility index (Phi) is 37.8. The normalized spacial score (nSPS) is 13.8. The van der Waals surface area contributed by atoms with E-state index in [0.29, 0.717) is 12.8 Å². The summed E-state index contributed by atoms with van der Waals surface area (Å²) in [4.78, 5) is 45.7. The molecule has 12 heteroatoms. The maximum absolute atomic E-state index is 12.3. The fraction of sp³-hybridized carbons (Fsp3) is 0.884. The van der Waals surface area contributed by atoms with Crippen molar-refractivity contribution in [2.45, 2.75) is 225 Å². The Morgan fingerprint density at radius 2 is 0.945 bits per heavy atom. The number of carbonyl (C=O) groups is 3. The molecule has 0 saturated heterocycles. The number of hydrogen-bond acceptors (Lipinski definition) is 8. The Morgan fingerprint density at radius 1 is 0.564 bits per heavy atom. The predicted molar refractivity (Wildman–Crippen MR) is 222 cm³/mol. The first kappa shape index (κ1) is 53.2. The quantitative estimate of drug-likeness (QED) is 0.0202. The molecule has 0 spiro atoms. The summed E-state index contributed by atoms with van der Waals surface area (Å²) in [5.74, 6) is -2.37. The third-order valence-corrected chi connectivity index (χ3v) is 10.8. The van der Waals surface area contributed by atoms with Crippen molar-refractivity contribution in [1.82, 2.24) is 5.32 Å². The van der Waals surface area contributed by atoms with Gasteiger partial charge in [0.15, 0.2) is 6.04 Å². The zero-order valence-electron chi connectivity index (χ0n) is 35.0. The second kappa shape index (κ2) is 39.1. The SMILES string of the molecule is CCCCCCCC/C=C/CCCCCCCCCCCCCCCC(=O)NC(COP(=O)(O)OCC(O)COC(=O)CCCCCCCCCC)C(=O)O. The maximum atomic E-state index is 12.3. The molecular weight excluding hydrogens is 721 g/mol. The van der Waals surface area contributed by atoms with Gasteiger partial charge in [0.1, 0.15) is 12.7 Å². The fourth-order valence-corrected chi connectivity index (χ4v) is 7.08. The third kappa shape index (κ3) is 38.9. The second-order valence-electron chi connectivity index (χ2n) is 15.2. The van der Waals surface area contributed by atoms with E-state index in [2.05, 4.69) is 31.3 Å². The topological polar surface area (TPSA) is 169 Å². The lowest BCUT2D eigenvalue weighted by molar-refractivity contribution is -0.147. The van der Waals surface area contributed by atoms with Crippen LogP contribution in [-0.4, -0.2) is 64.9 Å². The number of phosphoric acid groups is 1. The van der Waals surface area contributed by atoms with Crippen molar-refractivity contribution in [3.05, 3.63) is 12.2 Å². The number of carbonyl (C=O) groups excluding carboxylic acids is 2. The van der Waals surface area contributed by atoms with Crippen LogP contribution in [0.3, 0.4) is 0 Å². The van der Waals surface area contributed by atoms with Crippen molar-refractivity contribution in [2.75, 3.05) is 19.8 Å². The smallest absolute Gasteiger partial charge is 0.472 e. The zero-order chi connectivity index (χ0) is 40.7. The second-order valence-corrected chi connectivity index (χ2v) is 16.7. The van der Waals surface area contributed by atoms with E-state index in [1.165, 1.54) is 135 Å². The van der Waals surface area contributed by atoms with Gasteiger partial charge in [0, 0.05) is 12.8 Å². The molecule has 55 heavy (non-hydrogen) atoms. The standard InChI is InChI=1S/C43H82NO10P/c1-3-5-7-9-11-13-14-15-16-17-18-19-20-21-22-23-24-25-26-27-28-30-32-34-41(46)44-40(43(48)49)38-54-55(50,51)53-37-39(45)36-52-42(47)35-33-31-29-12-10-8-6-4-2/h15-16,39-40,45H,3-14,17-38H2,1-2H3,(H,44,46)(H,48,49)(H,50,51)/b16-15+. The van der Waals surface area contributed by atoms with Crippen LogP contribution in [0.1, 0.15) is 213 Å². The minimum atomic E-state index is -4.74. The van der Waals surface area contributed by atoms with Crippen molar-refractivity contribution in [2.24, 2.45) is 0 Å². The summed E-state index contributed by atoms with van der Waals surface area (Å²) in [6, 6.07) is -1.54. The Bertz CT molecular complexity index is 995. The van der Waals surface area contributed by atoms with E-state index in [0.717, 1.165) is 38.5 Å². The molecule has 0 fully saturated rings. The van der Waals surface area contributed by atoms with E-state index in [4.69, 9.17) is 13.8 Å². The fourth-order valence-electron chi connectivity index (χ4n) is 6.31. The molecule has 0 aliphatic heterocycles. The minimum absolute atomic E-state index is 0.149. The van der Waals surface area contributed by atoms with Crippen LogP contribution in [-0.2, 0) is 32.7 Å². The molecule has 0 saturated carbocycles. The number of unbranched alkanes of at least 4 members (excludes halogenated alkanes) is 26. The number of aliphatic hydroxyl groups is 1. The highest BCUT2D eigenvalue weighted by atomic mass is 31.2. The van der Waals surface area contributed by atoms with E-state index in [-0.39, 0.29) is 12.8 Å². The molecule has 0 aliphatic carbocycles. The number of hydrogen-bond donors (Lipinski definition) is 4. The Hall–Kier alpha value is -1.78. The van der Waals surface area contributed by atoms with Crippen molar-refractivity contribution in [3.8, 4) is 0 Å². The highest BCUT2D eigenvalue weighted by Crippen LogP contribution is 2.43. The van der Waals surface area contributed by atoms with Crippen molar-refractivity contribution in [1.29, 1.82) is 0 Å². The highest BCUT2D eigenvalue weighted by Gasteiger charge is 2.28. The number of esters is 1. The van der Waals surface area contributed by atoms with E-state index in [1.807, 2.05) is 0 Å². The summed E-state index contributed by atoms with van der Waals surface area (Å²) >= 11 is 0. The van der Waals surface area contributed by atoms with Crippen LogP contribution in [0.25, 0.3) is 0 Å². The minimum Gasteiger partial charge on any atom is -0.480 e. The zero-order valence-corrected chi connectivity index (χ0v) is 35.9. The van der Waals surface area contributed by atoms with E-state index < -0.39 is 57.6 Å². The van der Waals surface area contributed by atoms with Crippen LogP contribution in [0.4, 0.5) is 0 Å². The maximum Gasteiger partial charge on any atom is 0.472 e. The Balaban J connectivity index is 3.81. The number of aliphatic hydroxyl groups excluding tert-OH is 1. The van der Waals surface area contributed by atoms with Gasteiger partial charge in [-0.25, -0.2) is 9.36 Å². The molecule has 11 nitrogen and oxygen atoms in total. The molecule has 0 aromatic carbocycles. The summed E-state index contributed by atoms with van der Waals surface area (Å²) < 4.78 is 26.7. The first-order valence-electron chi connectivity index (χ1n) is 22.2. The number of nitrogens with one attached hydrogen (secondary N) is 1. The van der Waals surface area contributed by atoms with Crippen LogP contribution < -0.4 is 5.32 Å². The summed E-state index contributed by atoms with van der Waals surface area (Å²) in [5.41, 5.74) is 0. The number of allylic oxidation sites excluding steroid dienone is 2. The molecule has 0 aromatic rings. The number of phosphoric ester groups is 1. The monoisotopic (exact) mass is 804 g/mol. The summed E-state index contributed by atoms with van der Waals surface area (Å²) in [5, 5.41) is 21.8. The predicted octanol–water partition coefficient (Wildman–Crippen LogP) is 11.3. The van der Waals surface area contributed by atoms with Crippen LogP contribution in [0.15, 0.2) is 12.2 Å². The molecule has 0 aromatic heterocycles. The molecule has 0 aliphatic rings. The Morgan fingerprint density at radius 3 is 1.38 bits per heavy atom. The molecule has 0 radical (unpaired) electrons. The molecule has 0 rings (SSSR count). The van der Waals surface area contributed by atoms with Gasteiger partial charge in [-0.1, -0.05) is 174 Å². The van der Waals surface area contributed by atoms with Gasteiger partial charge in [-0.15, -0.1) is 0 Å². The van der Waals surface area contributed by atoms with Gasteiger partial charge >= 0.3 is 19.8 Å². The summed E-state index contributed by atoms with van der Waals surface area (Å²) in [7, 11) is -4.74. The largest absolute Gasteiger partial charge is 0.480 e. The van der Waals surface area contributed by atoms with Crippen LogP contribution in [0, 0.1) is 0 Å². The lowest BCUT2D eigenvalue weighted by Gasteiger charge is -2.18. The first-order chi connectivity index (χ1) is 26.6. The lowest BCUT2D eigenvalue weighted by atomic mass is 10.0. The summed E-state index contributed by atoms with van der Waals surface area (Å²) in [6.07, 6.45) is 38.3. The van der Waals surface area contributed by atoms with Crippen LogP contribution >= 0.6 is 7.82 Å². The molecule has 0 bridgehead atoms. The number of carboxylic acids is 1. The number of rotatable bonds is 42. The van der Waals surface area contributed by atoms with Gasteiger partial charge in [-0.3, -0.25) is 18.6 Å². The van der Waals surface area contributed by atoms with Gasteiger partial charge in [-0.05, 0) is 38.5 Å². The molecule has 4 N–H and O–H groups in total. The van der Waals surface area contributed by atoms with Crippen molar-refractivity contribution < 1.29 is 47.8 Å². The van der Waals surface area contributed by atoms with Crippen molar-refractivity contribution in [3.63, 3.8) is 0 Å². The molecule has 324 valence electrons. The van der Waals surface area contributed by atoms with Crippen LogP contribution in [0.2, 0.25) is 0 Å². The van der Waals surface area contributed by atoms with E-state index in [1.54, 1.807) is 0 Å². The van der Waals surface area contributed by atoms with Gasteiger partial charge < -0.3 is 25.2 Å². The molecule has 1 amide bonds. The average molecular weight is 804 g/mol. The van der Waals surface area contributed by atoms with Gasteiger partial charge in [0.25, 0.3) is 0 Å². The third-order valence-electron chi connectivity index (χ3n) is 9.80. The van der Waals surface area contributed by atoms with Crippen molar-refractivity contribution >= 4 is 25.7 Å². The van der Waals surface area contributed by atoms with Crippen LogP contribution in [0.5, 0.6) is 0 Å². The molecular formula is C43H82NO10P. The number of aliphatic carboxylic acids is 1.